The molecule has 7 nitrogen and oxygen atoms in total. The SMILES string of the molecule is COC(=O)C(=NO)c1cccc2oc(-c3ccco3)nc12. The van der Waals surface area contributed by atoms with Gasteiger partial charge in [-0.2, -0.15) is 0 Å². The van der Waals surface area contributed by atoms with Crippen LogP contribution in [0.25, 0.3) is 22.8 Å². The number of hydrogen-bond donors (Lipinski definition) is 1. The molecule has 0 aliphatic carbocycles. The van der Waals surface area contributed by atoms with Crippen LogP contribution in [0.5, 0.6) is 0 Å². The van der Waals surface area contributed by atoms with Crippen molar-refractivity contribution in [3.8, 4) is 11.7 Å². The Morgan fingerprint density at radius 2 is 2.19 bits per heavy atom. The third-order valence-electron chi connectivity index (χ3n) is 2.88. The fourth-order valence-electron chi connectivity index (χ4n) is 1.95. The number of esters is 1. The van der Waals surface area contributed by atoms with Gasteiger partial charge >= 0.3 is 5.97 Å². The molecule has 2 heterocycles. The second-order valence-electron chi connectivity index (χ2n) is 4.09. The highest BCUT2D eigenvalue weighted by Gasteiger charge is 2.21. The highest BCUT2D eigenvalue weighted by atomic mass is 16.5. The van der Waals surface area contributed by atoms with Gasteiger partial charge in [0, 0.05) is 5.56 Å². The number of fused-ring (bicyclic) bond motifs is 1. The first kappa shape index (κ1) is 12.9. The quantitative estimate of drug-likeness (QED) is 0.343. The molecule has 0 saturated carbocycles. The monoisotopic (exact) mass is 286 g/mol. The molecule has 1 aromatic carbocycles. The fraction of sp³-hybridized carbons (Fsp3) is 0.0714. The van der Waals surface area contributed by atoms with Gasteiger partial charge < -0.3 is 18.8 Å². The molecule has 0 aliphatic heterocycles. The summed E-state index contributed by atoms with van der Waals surface area (Å²) < 4.78 is 15.4. The Morgan fingerprint density at radius 3 is 2.86 bits per heavy atom. The van der Waals surface area contributed by atoms with Gasteiger partial charge in [-0.3, -0.25) is 0 Å². The molecule has 0 saturated heterocycles. The third-order valence-corrected chi connectivity index (χ3v) is 2.88. The number of hydrogen-bond acceptors (Lipinski definition) is 7. The van der Waals surface area contributed by atoms with E-state index in [0.717, 1.165) is 0 Å². The van der Waals surface area contributed by atoms with Gasteiger partial charge in [0.15, 0.2) is 17.1 Å². The Bertz CT molecular complexity index is 817. The van der Waals surface area contributed by atoms with E-state index in [9.17, 15) is 4.79 Å². The molecule has 0 unspecified atom stereocenters. The van der Waals surface area contributed by atoms with Crippen molar-refractivity contribution in [2.75, 3.05) is 7.11 Å². The molecule has 0 atom stereocenters. The van der Waals surface area contributed by atoms with Gasteiger partial charge in [0.25, 0.3) is 5.89 Å². The zero-order valence-electron chi connectivity index (χ0n) is 10.9. The minimum absolute atomic E-state index is 0.248. The van der Waals surface area contributed by atoms with Crippen molar-refractivity contribution in [2.45, 2.75) is 0 Å². The van der Waals surface area contributed by atoms with E-state index >= 15 is 0 Å². The van der Waals surface area contributed by atoms with Crippen LogP contribution < -0.4 is 0 Å². The zero-order chi connectivity index (χ0) is 14.8. The molecule has 2 aromatic heterocycles. The van der Waals surface area contributed by atoms with E-state index in [1.165, 1.54) is 13.4 Å². The van der Waals surface area contributed by atoms with E-state index in [-0.39, 0.29) is 11.6 Å². The maximum absolute atomic E-state index is 11.6. The maximum atomic E-state index is 11.6. The average molecular weight is 286 g/mol. The van der Waals surface area contributed by atoms with Crippen molar-refractivity contribution in [2.24, 2.45) is 5.16 Å². The first-order valence-electron chi connectivity index (χ1n) is 5.98. The number of furan rings is 1. The number of oxime groups is 1. The number of carbonyl (C=O) groups excluding carboxylic acids is 1. The molecule has 0 spiro atoms. The largest absolute Gasteiger partial charge is 0.464 e. The molecule has 0 aliphatic rings. The number of para-hydroxylation sites is 1. The van der Waals surface area contributed by atoms with E-state index in [2.05, 4.69) is 14.9 Å². The van der Waals surface area contributed by atoms with E-state index < -0.39 is 5.97 Å². The Balaban J connectivity index is 2.18. The zero-order valence-corrected chi connectivity index (χ0v) is 10.9. The van der Waals surface area contributed by atoms with Gasteiger partial charge in [-0.15, -0.1) is 0 Å². The van der Waals surface area contributed by atoms with Crippen LogP contribution in [0.15, 0.2) is 50.6 Å². The minimum atomic E-state index is -0.771. The summed E-state index contributed by atoms with van der Waals surface area (Å²) in [5.74, 6) is -0.0464. The highest BCUT2D eigenvalue weighted by Crippen LogP contribution is 2.27. The molecule has 7 heteroatoms. The summed E-state index contributed by atoms with van der Waals surface area (Å²) >= 11 is 0. The maximum Gasteiger partial charge on any atom is 0.360 e. The molecule has 0 radical (unpaired) electrons. The van der Waals surface area contributed by atoms with Crippen LogP contribution >= 0.6 is 0 Å². The summed E-state index contributed by atoms with van der Waals surface area (Å²) in [5, 5.41) is 12.0. The van der Waals surface area contributed by atoms with Crippen molar-refractivity contribution >= 4 is 22.8 Å². The van der Waals surface area contributed by atoms with Crippen LogP contribution in [-0.2, 0) is 9.53 Å². The average Bonchev–Trinajstić information content (AvgIpc) is 3.16. The van der Waals surface area contributed by atoms with Gasteiger partial charge in [-0.25, -0.2) is 9.78 Å². The number of oxazole rings is 1. The summed E-state index contributed by atoms with van der Waals surface area (Å²) in [6, 6.07) is 8.34. The smallest absolute Gasteiger partial charge is 0.360 e. The first-order valence-corrected chi connectivity index (χ1v) is 5.98. The van der Waals surface area contributed by atoms with Crippen molar-refractivity contribution in [3.63, 3.8) is 0 Å². The molecular formula is C14H10N2O5. The molecule has 0 fully saturated rings. The van der Waals surface area contributed by atoms with Gasteiger partial charge in [-0.05, 0) is 24.3 Å². The number of aromatic nitrogens is 1. The minimum Gasteiger partial charge on any atom is -0.464 e. The summed E-state index contributed by atoms with van der Waals surface area (Å²) in [6.45, 7) is 0. The Morgan fingerprint density at radius 1 is 1.33 bits per heavy atom. The Kier molecular flexibility index (Phi) is 3.15. The molecule has 3 rings (SSSR count). The Hall–Kier alpha value is -3.09. The number of benzene rings is 1. The number of methoxy groups -OCH3 is 1. The number of nitrogens with zero attached hydrogens (tertiary/aromatic N) is 2. The lowest BCUT2D eigenvalue weighted by Gasteiger charge is -2.02. The van der Waals surface area contributed by atoms with Crippen LogP contribution in [-0.4, -0.2) is 29.0 Å². The van der Waals surface area contributed by atoms with Crippen LogP contribution in [0, 0.1) is 0 Å². The van der Waals surface area contributed by atoms with Crippen LogP contribution in [0.4, 0.5) is 0 Å². The van der Waals surface area contributed by atoms with Crippen LogP contribution in [0.1, 0.15) is 5.56 Å². The lowest BCUT2D eigenvalue weighted by atomic mass is 10.1. The molecular weight excluding hydrogens is 276 g/mol. The van der Waals surface area contributed by atoms with Crippen molar-refractivity contribution < 1.29 is 23.6 Å². The van der Waals surface area contributed by atoms with Gasteiger partial charge in [0.05, 0.1) is 13.4 Å². The van der Waals surface area contributed by atoms with Crippen molar-refractivity contribution in [1.29, 1.82) is 0 Å². The molecule has 106 valence electrons. The summed E-state index contributed by atoms with van der Waals surface area (Å²) in [5.41, 5.74) is 0.872. The van der Waals surface area contributed by atoms with Gasteiger partial charge in [0.2, 0.25) is 0 Å². The third kappa shape index (κ3) is 2.14. The van der Waals surface area contributed by atoms with E-state index in [1.54, 1.807) is 30.3 Å². The van der Waals surface area contributed by atoms with Crippen LogP contribution in [0.3, 0.4) is 0 Å². The normalized spacial score (nSPS) is 11.8. The number of rotatable bonds is 3. The van der Waals surface area contributed by atoms with E-state index in [4.69, 9.17) is 14.0 Å². The van der Waals surface area contributed by atoms with Crippen molar-refractivity contribution in [1.82, 2.24) is 4.98 Å². The van der Waals surface area contributed by atoms with E-state index in [0.29, 0.717) is 22.4 Å². The summed E-state index contributed by atoms with van der Waals surface area (Å²) in [6.07, 6.45) is 1.50. The number of ether oxygens (including phenoxy) is 1. The molecule has 0 bridgehead atoms. The van der Waals surface area contributed by atoms with Gasteiger partial charge in [-0.1, -0.05) is 11.2 Å². The molecule has 21 heavy (non-hydrogen) atoms. The standard InChI is InChI=1S/C14H10N2O5/c1-19-14(17)12(16-18)8-4-2-5-9-11(8)15-13(21-9)10-6-3-7-20-10/h2-7,18H,1H3. The molecule has 1 N–H and O–H groups in total. The van der Waals surface area contributed by atoms with Crippen molar-refractivity contribution in [3.05, 3.63) is 42.2 Å². The lowest BCUT2D eigenvalue weighted by molar-refractivity contribution is -0.132. The first-order chi connectivity index (χ1) is 10.2. The fourth-order valence-corrected chi connectivity index (χ4v) is 1.95. The lowest BCUT2D eigenvalue weighted by Crippen LogP contribution is -2.17. The van der Waals surface area contributed by atoms with Gasteiger partial charge in [0.1, 0.15) is 5.52 Å². The van der Waals surface area contributed by atoms with E-state index in [1.807, 2.05) is 0 Å². The second kappa shape index (κ2) is 5.12. The highest BCUT2D eigenvalue weighted by molar-refractivity contribution is 6.45. The number of carbonyl (C=O) groups is 1. The summed E-state index contributed by atoms with van der Waals surface area (Å²) in [7, 11) is 1.20. The second-order valence-corrected chi connectivity index (χ2v) is 4.09. The topological polar surface area (TPSA) is 98.1 Å². The molecule has 0 amide bonds. The Labute approximate surface area is 118 Å². The van der Waals surface area contributed by atoms with Crippen LogP contribution in [0.2, 0.25) is 0 Å². The predicted octanol–water partition coefficient (Wildman–Crippen LogP) is 2.44. The molecule has 3 aromatic rings. The predicted molar refractivity (Wildman–Crippen MR) is 72.1 cm³/mol. The summed E-state index contributed by atoms with van der Waals surface area (Å²) in [4.78, 5) is 15.9.